The van der Waals surface area contributed by atoms with Crippen LogP contribution in [0.2, 0.25) is 0 Å². The highest BCUT2D eigenvalue weighted by Crippen LogP contribution is 2.03. The lowest BCUT2D eigenvalue weighted by Gasteiger charge is -2.03. The number of allylic oxidation sites excluding steroid dienone is 1. The normalized spacial score (nSPS) is 10.7. The second-order valence-electron chi connectivity index (χ2n) is 3.91. The van der Waals surface area contributed by atoms with Crippen LogP contribution in [-0.4, -0.2) is 24.9 Å². The first-order chi connectivity index (χ1) is 8.54. The maximum absolute atomic E-state index is 12.1. The first-order valence-electron chi connectivity index (χ1n) is 5.33. The van der Waals surface area contributed by atoms with Crippen LogP contribution in [-0.2, 0) is 17.9 Å². The van der Waals surface area contributed by atoms with Gasteiger partial charge in [0, 0.05) is 6.54 Å². The summed E-state index contributed by atoms with van der Waals surface area (Å²) < 4.78 is 2.43. The standard InChI is InChI=1S/C11H12N4O3/c1-3-4-15-10(17)8-9(13-11(15)18)12-6-14(8)5-7(2)16/h3,6H,1,4-5H2,2H3,(H,13,18). The molecule has 0 aliphatic carbocycles. The maximum Gasteiger partial charge on any atom is 0.330 e. The van der Waals surface area contributed by atoms with E-state index in [0.29, 0.717) is 0 Å². The predicted molar refractivity (Wildman–Crippen MR) is 65.5 cm³/mol. The summed E-state index contributed by atoms with van der Waals surface area (Å²) in [4.78, 5) is 41.2. The number of ketones is 1. The summed E-state index contributed by atoms with van der Waals surface area (Å²) in [6.45, 7) is 5.06. The van der Waals surface area contributed by atoms with Crippen molar-refractivity contribution in [3.8, 4) is 0 Å². The summed E-state index contributed by atoms with van der Waals surface area (Å²) in [5, 5.41) is 0. The smallest absolute Gasteiger partial charge is 0.317 e. The number of imidazole rings is 1. The Morgan fingerprint density at radius 1 is 1.56 bits per heavy atom. The molecule has 7 nitrogen and oxygen atoms in total. The average molecular weight is 248 g/mol. The summed E-state index contributed by atoms with van der Waals surface area (Å²) in [5.74, 6) is -0.102. The van der Waals surface area contributed by atoms with Gasteiger partial charge in [0.25, 0.3) is 5.56 Å². The Balaban J connectivity index is 2.76. The van der Waals surface area contributed by atoms with Gasteiger partial charge in [0.15, 0.2) is 11.2 Å². The van der Waals surface area contributed by atoms with Gasteiger partial charge in [0.1, 0.15) is 5.78 Å². The molecule has 0 fully saturated rings. The maximum atomic E-state index is 12.1. The van der Waals surface area contributed by atoms with Gasteiger partial charge in [-0.1, -0.05) is 6.08 Å². The highest BCUT2D eigenvalue weighted by atomic mass is 16.2. The van der Waals surface area contributed by atoms with Gasteiger partial charge < -0.3 is 4.57 Å². The fraction of sp³-hybridized carbons (Fsp3) is 0.273. The van der Waals surface area contributed by atoms with Crippen LogP contribution in [0.1, 0.15) is 6.92 Å². The molecule has 18 heavy (non-hydrogen) atoms. The molecule has 0 radical (unpaired) electrons. The second-order valence-corrected chi connectivity index (χ2v) is 3.91. The van der Waals surface area contributed by atoms with Crippen molar-refractivity contribution in [3.05, 3.63) is 39.8 Å². The molecule has 0 unspecified atom stereocenters. The number of hydrogen-bond donors (Lipinski definition) is 1. The molecule has 2 aromatic rings. The topological polar surface area (TPSA) is 89.8 Å². The van der Waals surface area contributed by atoms with Crippen LogP contribution in [0, 0.1) is 0 Å². The zero-order valence-electron chi connectivity index (χ0n) is 9.84. The Hall–Kier alpha value is -2.44. The Morgan fingerprint density at radius 2 is 2.28 bits per heavy atom. The third-order valence-corrected chi connectivity index (χ3v) is 2.46. The Kier molecular flexibility index (Phi) is 2.97. The van der Waals surface area contributed by atoms with E-state index in [4.69, 9.17) is 0 Å². The fourth-order valence-corrected chi connectivity index (χ4v) is 1.74. The van der Waals surface area contributed by atoms with E-state index < -0.39 is 11.2 Å². The van der Waals surface area contributed by atoms with Crippen molar-refractivity contribution >= 4 is 16.9 Å². The van der Waals surface area contributed by atoms with Gasteiger partial charge in [0.05, 0.1) is 12.9 Å². The molecule has 0 saturated carbocycles. The van der Waals surface area contributed by atoms with E-state index in [9.17, 15) is 14.4 Å². The third-order valence-electron chi connectivity index (χ3n) is 2.46. The van der Waals surface area contributed by atoms with E-state index >= 15 is 0 Å². The quantitative estimate of drug-likeness (QED) is 0.749. The Morgan fingerprint density at radius 3 is 2.89 bits per heavy atom. The number of nitrogens with one attached hydrogen (secondary N) is 1. The molecule has 0 amide bonds. The number of Topliss-reactive ketones (excluding diaryl/α,β-unsaturated/α-hetero) is 1. The predicted octanol–water partition coefficient (Wildman–Crippen LogP) is -0.339. The molecule has 2 aromatic heterocycles. The van der Waals surface area contributed by atoms with Crippen LogP contribution in [0.3, 0.4) is 0 Å². The molecule has 7 heteroatoms. The van der Waals surface area contributed by atoms with Crippen LogP contribution in [0.5, 0.6) is 0 Å². The molecule has 94 valence electrons. The van der Waals surface area contributed by atoms with Crippen LogP contribution >= 0.6 is 0 Å². The number of nitrogens with zero attached hydrogens (tertiary/aromatic N) is 3. The van der Waals surface area contributed by atoms with Gasteiger partial charge >= 0.3 is 5.69 Å². The minimum absolute atomic E-state index is 0.0475. The molecular weight excluding hydrogens is 236 g/mol. The number of carbonyl (C=O) groups excluding carboxylic acids is 1. The van der Waals surface area contributed by atoms with Crippen molar-refractivity contribution in [3.63, 3.8) is 0 Å². The molecule has 1 N–H and O–H groups in total. The van der Waals surface area contributed by atoms with E-state index in [1.165, 1.54) is 23.9 Å². The van der Waals surface area contributed by atoms with E-state index in [1.807, 2.05) is 0 Å². The van der Waals surface area contributed by atoms with Crippen LogP contribution in [0.4, 0.5) is 0 Å². The summed E-state index contributed by atoms with van der Waals surface area (Å²) in [5.41, 5.74) is -0.619. The number of rotatable bonds is 4. The molecule has 0 saturated heterocycles. The third kappa shape index (κ3) is 1.90. The van der Waals surface area contributed by atoms with Gasteiger partial charge in [0.2, 0.25) is 0 Å². The molecule has 2 rings (SSSR count). The lowest BCUT2D eigenvalue weighted by molar-refractivity contribution is -0.117. The second kappa shape index (κ2) is 4.44. The highest BCUT2D eigenvalue weighted by Gasteiger charge is 2.12. The zero-order valence-corrected chi connectivity index (χ0v) is 9.84. The summed E-state index contributed by atoms with van der Waals surface area (Å²) in [6.07, 6.45) is 2.82. The SMILES string of the molecule is C=CCn1c(=O)[nH]c2ncn(CC(C)=O)c2c1=O. The zero-order chi connectivity index (χ0) is 13.3. The Labute approximate surface area is 101 Å². The molecule has 0 aliphatic rings. The molecule has 0 aliphatic heterocycles. The first kappa shape index (κ1) is 12.0. The number of aromatic nitrogens is 4. The minimum atomic E-state index is -0.541. The molecule has 2 heterocycles. The largest absolute Gasteiger partial charge is 0.330 e. The minimum Gasteiger partial charge on any atom is -0.317 e. The van der Waals surface area contributed by atoms with Crippen molar-refractivity contribution in [1.82, 2.24) is 19.1 Å². The van der Waals surface area contributed by atoms with Gasteiger partial charge in [-0.25, -0.2) is 9.78 Å². The van der Waals surface area contributed by atoms with Crippen LogP contribution in [0.25, 0.3) is 11.2 Å². The monoisotopic (exact) mass is 248 g/mol. The van der Waals surface area contributed by atoms with E-state index in [0.717, 1.165) is 4.57 Å². The van der Waals surface area contributed by atoms with Crippen molar-refractivity contribution in [2.75, 3.05) is 0 Å². The average Bonchev–Trinajstić information content (AvgIpc) is 2.66. The molecule has 0 aromatic carbocycles. The van der Waals surface area contributed by atoms with Crippen LogP contribution < -0.4 is 11.2 Å². The van der Waals surface area contributed by atoms with Gasteiger partial charge in [-0.3, -0.25) is 19.1 Å². The lowest BCUT2D eigenvalue weighted by Crippen LogP contribution is -2.35. The summed E-state index contributed by atoms with van der Waals surface area (Å²) in [6, 6.07) is 0. The molecular formula is C11H12N4O3. The number of carbonyl (C=O) groups is 1. The molecule has 0 spiro atoms. The number of H-pyrrole nitrogens is 1. The number of aromatic amines is 1. The molecule has 0 bridgehead atoms. The van der Waals surface area contributed by atoms with E-state index in [-0.39, 0.29) is 30.0 Å². The summed E-state index contributed by atoms with van der Waals surface area (Å²) >= 11 is 0. The lowest BCUT2D eigenvalue weighted by atomic mass is 10.4. The van der Waals surface area contributed by atoms with Crippen molar-refractivity contribution < 1.29 is 4.79 Å². The molecule has 0 atom stereocenters. The summed E-state index contributed by atoms with van der Waals surface area (Å²) in [7, 11) is 0. The number of hydrogen-bond acceptors (Lipinski definition) is 4. The highest BCUT2D eigenvalue weighted by molar-refractivity contribution is 5.78. The number of fused-ring (bicyclic) bond motifs is 1. The van der Waals surface area contributed by atoms with Crippen molar-refractivity contribution in [2.24, 2.45) is 0 Å². The van der Waals surface area contributed by atoms with Gasteiger partial charge in [-0.2, -0.15) is 0 Å². The van der Waals surface area contributed by atoms with E-state index in [2.05, 4.69) is 16.5 Å². The van der Waals surface area contributed by atoms with Crippen molar-refractivity contribution in [1.29, 1.82) is 0 Å². The first-order valence-corrected chi connectivity index (χ1v) is 5.33. The Bertz CT molecular complexity index is 735. The fourth-order valence-electron chi connectivity index (χ4n) is 1.74. The van der Waals surface area contributed by atoms with Crippen molar-refractivity contribution in [2.45, 2.75) is 20.0 Å². The van der Waals surface area contributed by atoms with E-state index in [1.54, 1.807) is 0 Å². The van der Waals surface area contributed by atoms with Crippen LogP contribution in [0.15, 0.2) is 28.6 Å². The van der Waals surface area contributed by atoms with Gasteiger partial charge in [-0.15, -0.1) is 6.58 Å². The van der Waals surface area contributed by atoms with Gasteiger partial charge in [-0.05, 0) is 6.92 Å².